The van der Waals surface area contributed by atoms with Gasteiger partial charge in [-0.3, -0.25) is 0 Å². The molecule has 0 saturated heterocycles. The maximum Gasteiger partial charge on any atom is 0.339 e. The maximum absolute atomic E-state index is 11.5. The van der Waals surface area contributed by atoms with E-state index < -0.39 is 12.1 Å². The summed E-state index contributed by atoms with van der Waals surface area (Å²) in [7, 11) is 1.23. The maximum atomic E-state index is 11.5. The molecule has 0 fully saturated rings. The van der Waals surface area contributed by atoms with Gasteiger partial charge in [0.2, 0.25) is 0 Å². The molecule has 0 aromatic heterocycles. The average molecular weight is 331 g/mol. The predicted molar refractivity (Wildman–Crippen MR) is 71.5 cm³/mol. The summed E-state index contributed by atoms with van der Waals surface area (Å²) in [5.41, 5.74) is 1.11. The molecule has 0 aliphatic carbocycles. The zero-order valence-electron chi connectivity index (χ0n) is 10.7. The Balaban J connectivity index is 2.50. The second-order valence-corrected chi connectivity index (χ2v) is 5.05. The Kier molecular flexibility index (Phi) is 4.31. The quantitative estimate of drug-likeness (QED) is 0.841. The van der Waals surface area contributed by atoms with E-state index in [9.17, 15) is 9.90 Å². The summed E-state index contributed by atoms with van der Waals surface area (Å²) in [4.78, 5) is 11.5. The van der Waals surface area contributed by atoms with E-state index in [0.717, 1.165) is 6.42 Å². The molecule has 5 nitrogen and oxygen atoms in total. The van der Waals surface area contributed by atoms with E-state index in [1.807, 2.05) is 0 Å². The number of aliphatic hydroxyl groups is 1. The minimum absolute atomic E-state index is 0.441. The number of fused-ring (bicyclic) bond motifs is 1. The van der Waals surface area contributed by atoms with Gasteiger partial charge in [-0.15, -0.1) is 0 Å². The smallest absolute Gasteiger partial charge is 0.339 e. The van der Waals surface area contributed by atoms with Gasteiger partial charge in [0.05, 0.1) is 20.3 Å². The number of carbonyl (C=O) groups excluding carboxylic acids is 1. The number of ether oxygens (including phenoxy) is 3. The topological polar surface area (TPSA) is 65.0 Å². The van der Waals surface area contributed by atoms with Gasteiger partial charge in [0.15, 0.2) is 17.6 Å². The van der Waals surface area contributed by atoms with Gasteiger partial charge >= 0.3 is 5.97 Å². The van der Waals surface area contributed by atoms with Gasteiger partial charge in [-0.05, 0) is 13.0 Å². The summed E-state index contributed by atoms with van der Waals surface area (Å²) < 4.78 is 16.4. The summed E-state index contributed by atoms with van der Waals surface area (Å²) in [6, 6.07) is 1.70. The van der Waals surface area contributed by atoms with Crippen molar-refractivity contribution < 1.29 is 24.1 Å². The second-order valence-electron chi connectivity index (χ2n) is 4.20. The molecule has 1 unspecified atom stereocenters. The third kappa shape index (κ3) is 2.69. The summed E-state index contributed by atoms with van der Waals surface area (Å²) in [5, 5.41) is 10.0. The molecule has 1 aliphatic rings. The highest BCUT2D eigenvalue weighted by Crippen LogP contribution is 2.41. The summed E-state index contributed by atoms with van der Waals surface area (Å²) in [5.74, 6) is 0.472. The first kappa shape index (κ1) is 14.1. The predicted octanol–water partition coefficient (Wildman–Crippen LogP) is 2.13. The lowest BCUT2D eigenvalue weighted by Crippen LogP contribution is -2.16. The van der Waals surface area contributed by atoms with Gasteiger partial charge in [0.25, 0.3) is 0 Å². The first-order valence-corrected chi connectivity index (χ1v) is 6.70. The molecule has 0 bridgehead atoms. The lowest BCUT2D eigenvalue weighted by Gasteiger charge is -2.18. The molecular weight excluding hydrogens is 316 g/mol. The van der Waals surface area contributed by atoms with Crippen LogP contribution < -0.4 is 9.47 Å². The Hall–Kier alpha value is -1.27. The first-order chi connectivity index (χ1) is 9.06. The lowest BCUT2D eigenvalue weighted by molar-refractivity contribution is -0.150. The summed E-state index contributed by atoms with van der Waals surface area (Å²) >= 11 is 3.35. The van der Waals surface area contributed by atoms with Gasteiger partial charge < -0.3 is 19.3 Å². The molecule has 0 radical (unpaired) electrons. The Morgan fingerprint density at radius 1 is 1.47 bits per heavy atom. The fourth-order valence-corrected chi connectivity index (χ4v) is 2.73. The Bertz CT molecular complexity index is 500. The number of carbonyl (C=O) groups is 1. The average Bonchev–Trinajstić information content (AvgIpc) is 2.62. The lowest BCUT2D eigenvalue weighted by atomic mass is 10.0. The van der Waals surface area contributed by atoms with E-state index in [4.69, 9.17) is 9.47 Å². The zero-order valence-corrected chi connectivity index (χ0v) is 12.3. The van der Waals surface area contributed by atoms with Crippen molar-refractivity contribution in [2.24, 2.45) is 0 Å². The van der Waals surface area contributed by atoms with Gasteiger partial charge in [-0.2, -0.15) is 0 Å². The van der Waals surface area contributed by atoms with E-state index in [1.165, 1.54) is 7.11 Å². The Morgan fingerprint density at radius 3 is 2.84 bits per heavy atom. The highest BCUT2D eigenvalue weighted by molar-refractivity contribution is 9.10. The minimum atomic E-state index is -1.35. The monoisotopic (exact) mass is 330 g/mol. The van der Waals surface area contributed by atoms with Crippen molar-refractivity contribution in [1.82, 2.24) is 0 Å². The van der Waals surface area contributed by atoms with Crippen LogP contribution in [0.1, 0.15) is 23.7 Å². The molecule has 1 aromatic carbocycles. The third-order valence-electron chi connectivity index (χ3n) is 2.97. The molecule has 1 aliphatic heterocycles. The van der Waals surface area contributed by atoms with E-state index in [0.29, 0.717) is 40.3 Å². The largest absolute Gasteiger partial charge is 0.490 e. The molecule has 1 heterocycles. The van der Waals surface area contributed by atoms with Crippen molar-refractivity contribution in [2.75, 3.05) is 20.3 Å². The summed E-state index contributed by atoms with van der Waals surface area (Å²) in [6.45, 7) is 2.90. The van der Waals surface area contributed by atoms with Crippen LogP contribution in [0.15, 0.2) is 10.5 Å². The molecule has 0 spiro atoms. The number of hydrogen-bond acceptors (Lipinski definition) is 5. The number of aliphatic hydroxyl groups excluding tert-OH is 1. The molecule has 1 aromatic rings. The SMILES string of the molecule is COC(=O)C(O)c1c(Br)cc2c(c1C)OCCCO2. The van der Waals surface area contributed by atoms with Crippen LogP contribution in [0.3, 0.4) is 0 Å². The molecule has 0 saturated carbocycles. The van der Waals surface area contributed by atoms with Crippen molar-refractivity contribution in [2.45, 2.75) is 19.4 Å². The molecule has 2 rings (SSSR count). The van der Waals surface area contributed by atoms with Crippen LogP contribution in [0.2, 0.25) is 0 Å². The third-order valence-corrected chi connectivity index (χ3v) is 3.63. The standard InChI is InChI=1S/C13H15BrO5/c1-7-10(11(15)13(16)17-2)8(14)6-9-12(7)19-5-3-4-18-9/h6,11,15H,3-5H2,1-2H3. The molecular formula is C13H15BrO5. The molecule has 6 heteroatoms. The number of halogens is 1. The van der Waals surface area contributed by atoms with E-state index >= 15 is 0 Å². The number of esters is 1. The molecule has 1 N–H and O–H groups in total. The number of methoxy groups -OCH3 is 1. The van der Waals surface area contributed by atoms with Crippen LogP contribution in [0.4, 0.5) is 0 Å². The van der Waals surface area contributed by atoms with Crippen molar-refractivity contribution >= 4 is 21.9 Å². The van der Waals surface area contributed by atoms with Crippen LogP contribution in [0.25, 0.3) is 0 Å². The van der Waals surface area contributed by atoms with Gasteiger partial charge in [0, 0.05) is 22.0 Å². The highest BCUT2D eigenvalue weighted by Gasteiger charge is 2.27. The summed E-state index contributed by atoms with van der Waals surface area (Å²) in [6.07, 6.45) is -0.558. The number of benzene rings is 1. The zero-order chi connectivity index (χ0) is 14.0. The molecule has 1 atom stereocenters. The Morgan fingerprint density at radius 2 is 2.16 bits per heavy atom. The van der Waals surface area contributed by atoms with Crippen molar-refractivity contribution in [3.05, 3.63) is 21.7 Å². The second kappa shape index (κ2) is 5.79. The fraction of sp³-hybridized carbons (Fsp3) is 0.462. The van der Waals surface area contributed by atoms with Crippen molar-refractivity contribution in [3.63, 3.8) is 0 Å². The van der Waals surface area contributed by atoms with Crippen LogP contribution >= 0.6 is 15.9 Å². The van der Waals surface area contributed by atoms with Gasteiger partial charge in [0.1, 0.15) is 0 Å². The van der Waals surface area contributed by atoms with Crippen molar-refractivity contribution in [1.29, 1.82) is 0 Å². The van der Waals surface area contributed by atoms with Gasteiger partial charge in [-0.25, -0.2) is 4.79 Å². The van der Waals surface area contributed by atoms with E-state index in [-0.39, 0.29) is 0 Å². The van der Waals surface area contributed by atoms with Gasteiger partial charge in [-0.1, -0.05) is 15.9 Å². The van der Waals surface area contributed by atoms with Crippen molar-refractivity contribution in [3.8, 4) is 11.5 Å². The highest BCUT2D eigenvalue weighted by atomic mass is 79.9. The van der Waals surface area contributed by atoms with E-state index in [2.05, 4.69) is 20.7 Å². The van der Waals surface area contributed by atoms with Crippen LogP contribution in [-0.4, -0.2) is 31.4 Å². The first-order valence-electron chi connectivity index (χ1n) is 5.90. The van der Waals surface area contributed by atoms with Crippen LogP contribution in [0, 0.1) is 6.92 Å². The number of rotatable bonds is 2. The Labute approximate surface area is 119 Å². The van der Waals surface area contributed by atoms with Crippen LogP contribution in [-0.2, 0) is 9.53 Å². The van der Waals surface area contributed by atoms with Crippen LogP contribution in [0.5, 0.6) is 11.5 Å². The normalized spacial score (nSPS) is 15.6. The number of hydrogen-bond donors (Lipinski definition) is 1. The molecule has 19 heavy (non-hydrogen) atoms. The molecule has 104 valence electrons. The molecule has 0 amide bonds. The van der Waals surface area contributed by atoms with E-state index in [1.54, 1.807) is 13.0 Å². The fourth-order valence-electron chi connectivity index (χ4n) is 2.01. The minimum Gasteiger partial charge on any atom is -0.490 e.